The van der Waals surface area contributed by atoms with E-state index in [0.29, 0.717) is 0 Å². The Morgan fingerprint density at radius 2 is 1.59 bits per heavy atom. The van der Waals surface area contributed by atoms with Gasteiger partial charge in [-0.3, -0.25) is 19.7 Å². The first-order valence-electron chi connectivity index (χ1n) is 10.4. The molecule has 2 aromatic rings. The Bertz CT molecular complexity index is 715. The molecule has 0 aliphatic carbocycles. The quantitative estimate of drug-likeness (QED) is 0.756. The summed E-state index contributed by atoms with van der Waals surface area (Å²) in [7, 11) is 0. The molecule has 0 atom stereocenters. The fraction of sp³-hybridized carbons (Fsp3) is 0.591. The van der Waals surface area contributed by atoms with Gasteiger partial charge in [0, 0.05) is 56.9 Å². The summed E-state index contributed by atoms with van der Waals surface area (Å²) in [4.78, 5) is 13.8. The molecule has 0 spiro atoms. The van der Waals surface area contributed by atoms with E-state index in [4.69, 9.17) is 0 Å². The van der Waals surface area contributed by atoms with Crippen LogP contribution in [-0.4, -0.2) is 59.0 Å². The van der Waals surface area contributed by atoms with Crippen molar-refractivity contribution in [3.63, 3.8) is 0 Å². The first-order chi connectivity index (χ1) is 13.3. The van der Waals surface area contributed by atoms with Gasteiger partial charge in [0.05, 0.1) is 5.69 Å². The van der Waals surface area contributed by atoms with Crippen LogP contribution in [-0.2, 0) is 19.6 Å². The second-order valence-electron chi connectivity index (χ2n) is 8.08. The van der Waals surface area contributed by atoms with E-state index in [9.17, 15) is 0 Å². The summed E-state index contributed by atoms with van der Waals surface area (Å²) in [6.07, 6.45) is 6.08. The van der Waals surface area contributed by atoms with Crippen molar-refractivity contribution >= 4 is 11.3 Å². The SMILES string of the molecule is Cc1cccnc1CN1CCN(Cc2cc(CN3CCCCC3)cs2)CC1. The minimum atomic E-state index is 0.986. The summed E-state index contributed by atoms with van der Waals surface area (Å²) < 4.78 is 0. The summed E-state index contributed by atoms with van der Waals surface area (Å²) in [5.41, 5.74) is 4.05. The molecule has 4 heterocycles. The van der Waals surface area contributed by atoms with Gasteiger partial charge in [0.2, 0.25) is 0 Å². The molecule has 0 amide bonds. The lowest BCUT2D eigenvalue weighted by Gasteiger charge is -2.34. The number of hydrogen-bond donors (Lipinski definition) is 0. The molecular formula is C22H32N4S. The molecule has 2 aromatic heterocycles. The van der Waals surface area contributed by atoms with Crippen LogP contribution in [0.15, 0.2) is 29.8 Å². The van der Waals surface area contributed by atoms with Crippen LogP contribution in [0.1, 0.15) is 41.0 Å². The average molecular weight is 385 g/mol. The third kappa shape index (κ3) is 5.38. The van der Waals surface area contributed by atoms with Gasteiger partial charge in [-0.2, -0.15) is 0 Å². The van der Waals surface area contributed by atoms with Crippen LogP contribution in [0.25, 0.3) is 0 Å². The summed E-state index contributed by atoms with van der Waals surface area (Å²) in [5.74, 6) is 0. The Morgan fingerprint density at radius 1 is 0.889 bits per heavy atom. The normalized spacial score (nSPS) is 20.2. The highest BCUT2D eigenvalue weighted by Crippen LogP contribution is 2.21. The molecule has 4 rings (SSSR count). The first-order valence-corrected chi connectivity index (χ1v) is 11.3. The Balaban J connectivity index is 1.23. The molecule has 0 unspecified atom stereocenters. The van der Waals surface area contributed by atoms with E-state index in [-0.39, 0.29) is 0 Å². The van der Waals surface area contributed by atoms with Gasteiger partial charge in [0.15, 0.2) is 0 Å². The molecule has 146 valence electrons. The number of piperidine rings is 1. The number of nitrogens with zero attached hydrogens (tertiary/aromatic N) is 4. The zero-order valence-electron chi connectivity index (χ0n) is 16.6. The van der Waals surface area contributed by atoms with Gasteiger partial charge in [-0.05, 0) is 61.5 Å². The summed E-state index contributed by atoms with van der Waals surface area (Å²) in [5, 5.41) is 2.38. The molecule has 2 saturated heterocycles. The number of likely N-dealkylation sites (tertiary alicyclic amines) is 1. The van der Waals surface area contributed by atoms with Crippen molar-refractivity contribution in [1.82, 2.24) is 19.7 Å². The van der Waals surface area contributed by atoms with Gasteiger partial charge in [-0.1, -0.05) is 12.5 Å². The Morgan fingerprint density at radius 3 is 2.33 bits per heavy atom. The third-order valence-corrected chi connectivity index (χ3v) is 6.87. The van der Waals surface area contributed by atoms with Gasteiger partial charge in [-0.15, -0.1) is 11.3 Å². The minimum Gasteiger partial charge on any atom is -0.299 e. The van der Waals surface area contributed by atoms with E-state index >= 15 is 0 Å². The Labute approximate surface area is 167 Å². The predicted molar refractivity (Wildman–Crippen MR) is 113 cm³/mol. The molecule has 5 heteroatoms. The molecule has 4 nitrogen and oxygen atoms in total. The summed E-state index contributed by atoms with van der Waals surface area (Å²) in [6.45, 7) is 12.6. The van der Waals surface area contributed by atoms with Crippen LogP contribution in [0.3, 0.4) is 0 Å². The van der Waals surface area contributed by atoms with Crippen molar-refractivity contribution in [2.45, 2.75) is 45.8 Å². The second-order valence-corrected chi connectivity index (χ2v) is 9.07. The number of aromatic nitrogens is 1. The molecule has 2 aliphatic heterocycles. The molecule has 0 saturated carbocycles. The van der Waals surface area contributed by atoms with Gasteiger partial charge >= 0.3 is 0 Å². The van der Waals surface area contributed by atoms with Crippen molar-refractivity contribution in [1.29, 1.82) is 0 Å². The Hall–Kier alpha value is -1.27. The van der Waals surface area contributed by atoms with Crippen LogP contribution >= 0.6 is 11.3 Å². The molecule has 0 aromatic carbocycles. The lowest BCUT2D eigenvalue weighted by atomic mass is 10.1. The smallest absolute Gasteiger partial charge is 0.0573 e. The van der Waals surface area contributed by atoms with E-state index in [1.807, 2.05) is 23.6 Å². The topological polar surface area (TPSA) is 22.6 Å². The van der Waals surface area contributed by atoms with Crippen molar-refractivity contribution in [2.75, 3.05) is 39.3 Å². The summed E-state index contributed by atoms with van der Waals surface area (Å²) in [6, 6.07) is 6.64. The van der Waals surface area contributed by atoms with Crippen LogP contribution in [0.5, 0.6) is 0 Å². The lowest BCUT2D eigenvalue weighted by Crippen LogP contribution is -2.45. The van der Waals surface area contributed by atoms with E-state index in [1.165, 1.54) is 54.0 Å². The van der Waals surface area contributed by atoms with E-state index in [1.54, 1.807) is 0 Å². The van der Waals surface area contributed by atoms with Crippen molar-refractivity contribution < 1.29 is 0 Å². The maximum absolute atomic E-state index is 4.55. The van der Waals surface area contributed by atoms with Crippen LogP contribution in [0, 0.1) is 6.92 Å². The predicted octanol–water partition coefficient (Wildman–Crippen LogP) is 3.76. The highest BCUT2D eigenvalue weighted by molar-refractivity contribution is 7.10. The molecule has 0 radical (unpaired) electrons. The van der Waals surface area contributed by atoms with E-state index in [2.05, 4.69) is 44.1 Å². The van der Waals surface area contributed by atoms with Gasteiger partial charge in [-0.25, -0.2) is 0 Å². The second kappa shape index (κ2) is 9.28. The number of hydrogen-bond acceptors (Lipinski definition) is 5. The molecular weight excluding hydrogens is 352 g/mol. The number of thiophene rings is 1. The standard InChI is InChI=1S/C22H32N4S/c1-19-6-5-7-23-22(19)17-26-12-10-25(11-13-26)16-21-14-20(18-27-21)15-24-8-3-2-4-9-24/h5-7,14,18H,2-4,8-13,15-17H2,1H3. The highest BCUT2D eigenvalue weighted by atomic mass is 32.1. The number of piperazine rings is 1. The largest absolute Gasteiger partial charge is 0.299 e. The Kier molecular flexibility index (Phi) is 6.56. The van der Waals surface area contributed by atoms with Gasteiger partial charge in [0.25, 0.3) is 0 Å². The highest BCUT2D eigenvalue weighted by Gasteiger charge is 2.19. The zero-order chi connectivity index (χ0) is 18.5. The summed E-state index contributed by atoms with van der Waals surface area (Å²) >= 11 is 1.95. The fourth-order valence-corrected chi connectivity index (χ4v) is 5.11. The first kappa shape index (κ1) is 19.1. The van der Waals surface area contributed by atoms with E-state index < -0.39 is 0 Å². The maximum atomic E-state index is 4.55. The fourth-order valence-electron chi connectivity index (χ4n) is 4.19. The van der Waals surface area contributed by atoms with Crippen molar-refractivity contribution in [3.8, 4) is 0 Å². The lowest BCUT2D eigenvalue weighted by molar-refractivity contribution is 0.121. The maximum Gasteiger partial charge on any atom is 0.0573 e. The minimum absolute atomic E-state index is 0.986. The van der Waals surface area contributed by atoms with Gasteiger partial charge in [0.1, 0.15) is 0 Å². The van der Waals surface area contributed by atoms with Crippen LogP contribution < -0.4 is 0 Å². The van der Waals surface area contributed by atoms with Crippen LogP contribution in [0.4, 0.5) is 0 Å². The number of rotatable bonds is 6. The van der Waals surface area contributed by atoms with Gasteiger partial charge < -0.3 is 0 Å². The molecule has 2 fully saturated rings. The molecule has 2 aliphatic rings. The average Bonchev–Trinajstić information content (AvgIpc) is 3.13. The molecule has 27 heavy (non-hydrogen) atoms. The number of aryl methyl sites for hydroxylation is 1. The van der Waals surface area contributed by atoms with Crippen LogP contribution in [0.2, 0.25) is 0 Å². The zero-order valence-corrected chi connectivity index (χ0v) is 17.4. The molecule has 0 N–H and O–H groups in total. The monoisotopic (exact) mass is 384 g/mol. The van der Waals surface area contributed by atoms with Crippen molar-refractivity contribution in [2.24, 2.45) is 0 Å². The van der Waals surface area contributed by atoms with Crippen molar-refractivity contribution in [3.05, 3.63) is 51.5 Å². The molecule has 0 bridgehead atoms. The van der Waals surface area contributed by atoms with E-state index in [0.717, 1.165) is 45.8 Å². The number of pyridine rings is 1. The third-order valence-electron chi connectivity index (χ3n) is 5.90.